The number of hydrogen-bond donors (Lipinski definition) is 2. The SMILES string of the molecule is CN1CCC(Nc2ccc(F)cc2C(=N)c2ccccc2F)CC1. The molecule has 1 aliphatic heterocycles. The molecule has 126 valence electrons. The molecular formula is C19H21F2N3. The first-order chi connectivity index (χ1) is 11.5. The minimum absolute atomic E-state index is 0.0111. The Morgan fingerprint density at radius 2 is 1.79 bits per heavy atom. The Morgan fingerprint density at radius 1 is 1.08 bits per heavy atom. The third kappa shape index (κ3) is 3.62. The van der Waals surface area contributed by atoms with Crippen LogP contribution in [-0.4, -0.2) is 36.8 Å². The van der Waals surface area contributed by atoms with E-state index in [0.717, 1.165) is 25.9 Å². The Hall–Kier alpha value is -2.27. The van der Waals surface area contributed by atoms with E-state index in [9.17, 15) is 8.78 Å². The van der Waals surface area contributed by atoms with Crippen molar-refractivity contribution in [3.63, 3.8) is 0 Å². The molecular weight excluding hydrogens is 308 g/mol. The smallest absolute Gasteiger partial charge is 0.132 e. The molecule has 2 aromatic rings. The van der Waals surface area contributed by atoms with Crippen LogP contribution in [0.2, 0.25) is 0 Å². The number of nitrogens with zero attached hydrogens (tertiary/aromatic N) is 1. The summed E-state index contributed by atoms with van der Waals surface area (Å²) in [6.45, 7) is 2.00. The zero-order valence-electron chi connectivity index (χ0n) is 13.7. The van der Waals surface area contributed by atoms with E-state index >= 15 is 0 Å². The molecule has 0 amide bonds. The molecule has 2 aromatic carbocycles. The van der Waals surface area contributed by atoms with Gasteiger partial charge in [0.15, 0.2) is 0 Å². The van der Waals surface area contributed by atoms with E-state index in [-0.39, 0.29) is 17.3 Å². The summed E-state index contributed by atoms with van der Waals surface area (Å²) in [6.07, 6.45) is 1.97. The highest BCUT2D eigenvalue weighted by Gasteiger charge is 2.20. The van der Waals surface area contributed by atoms with Crippen LogP contribution >= 0.6 is 0 Å². The van der Waals surface area contributed by atoms with Gasteiger partial charge in [-0.15, -0.1) is 0 Å². The van der Waals surface area contributed by atoms with E-state index in [1.165, 1.54) is 18.2 Å². The van der Waals surface area contributed by atoms with Crippen LogP contribution in [0, 0.1) is 17.0 Å². The summed E-state index contributed by atoms with van der Waals surface area (Å²) in [5, 5.41) is 11.8. The van der Waals surface area contributed by atoms with Crippen molar-refractivity contribution in [2.45, 2.75) is 18.9 Å². The van der Waals surface area contributed by atoms with Crippen molar-refractivity contribution in [2.75, 3.05) is 25.5 Å². The van der Waals surface area contributed by atoms with Gasteiger partial charge in [-0.1, -0.05) is 12.1 Å². The lowest BCUT2D eigenvalue weighted by atomic mass is 9.98. The molecule has 1 heterocycles. The van der Waals surface area contributed by atoms with Crippen molar-refractivity contribution in [1.29, 1.82) is 5.41 Å². The summed E-state index contributed by atoms with van der Waals surface area (Å²) >= 11 is 0. The number of likely N-dealkylation sites (tertiary alicyclic amines) is 1. The number of anilines is 1. The molecule has 0 aliphatic carbocycles. The molecule has 0 atom stereocenters. The van der Waals surface area contributed by atoms with E-state index in [1.54, 1.807) is 24.3 Å². The molecule has 3 rings (SSSR count). The molecule has 24 heavy (non-hydrogen) atoms. The second-order valence-corrected chi connectivity index (χ2v) is 6.27. The second-order valence-electron chi connectivity index (χ2n) is 6.27. The highest BCUT2D eigenvalue weighted by Crippen LogP contribution is 2.24. The molecule has 1 fully saturated rings. The maximum absolute atomic E-state index is 14.0. The fourth-order valence-electron chi connectivity index (χ4n) is 3.03. The lowest BCUT2D eigenvalue weighted by molar-refractivity contribution is 0.264. The first-order valence-corrected chi connectivity index (χ1v) is 8.13. The standard InChI is InChI=1S/C19H21F2N3/c1-24-10-8-14(9-11-24)23-18-7-6-13(20)12-16(18)19(22)15-4-2-3-5-17(15)21/h2-7,12,14,22-23H,8-11H2,1H3. The molecule has 1 saturated heterocycles. The lowest BCUT2D eigenvalue weighted by Crippen LogP contribution is -2.37. The molecule has 0 unspecified atom stereocenters. The van der Waals surface area contributed by atoms with E-state index < -0.39 is 11.6 Å². The summed E-state index contributed by atoms with van der Waals surface area (Å²) in [5.74, 6) is -0.906. The van der Waals surface area contributed by atoms with Gasteiger partial charge in [0.05, 0.1) is 5.71 Å². The van der Waals surface area contributed by atoms with Gasteiger partial charge in [0, 0.05) is 22.9 Å². The van der Waals surface area contributed by atoms with Crippen LogP contribution in [0.15, 0.2) is 42.5 Å². The molecule has 3 nitrogen and oxygen atoms in total. The quantitative estimate of drug-likeness (QED) is 0.836. The average Bonchev–Trinajstić information content (AvgIpc) is 2.58. The van der Waals surface area contributed by atoms with Crippen molar-refractivity contribution in [1.82, 2.24) is 4.90 Å². The summed E-state index contributed by atoms with van der Waals surface area (Å²) in [7, 11) is 2.09. The van der Waals surface area contributed by atoms with Crippen LogP contribution in [0.4, 0.5) is 14.5 Å². The molecule has 0 radical (unpaired) electrons. The predicted octanol–water partition coefficient (Wildman–Crippen LogP) is 3.89. The van der Waals surface area contributed by atoms with Gasteiger partial charge in [-0.05, 0) is 63.3 Å². The maximum Gasteiger partial charge on any atom is 0.132 e. The Kier molecular flexibility index (Phi) is 4.90. The summed E-state index contributed by atoms with van der Waals surface area (Å²) < 4.78 is 27.7. The summed E-state index contributed by atoms with van der Waals surface area (Å²) in [4.78, 5) is 2.27. The maximum atomic E-state index is 14.0. The average molecular weight is 329 g/mol. The van der Waals surface area contributed by atoms with Crippen LogP contribution in [0.5, 0.6) is 0 Å². The van der Waals surface area contributed by atoms with Gasteiger partial charge in [0.2, 0.25) is 0 Å². The van der Waals surface area contributed by atoms with Gasteiger partial charge < -0.3 is 10.2 Å². The predicted molar refractivity (Wildman–Crippen MR) is 92.9 cm³/mol. The van der Waals surface area contributed by atoms with Gasteiger partial charge in [-0.25, -0.2) is 8.78 Å². The Morgan fingerprint density at radius 3 is 2.50 bits per heavy atom. The summed E-state index contributed by atoms with van der Waals surface area (Å²) in [6, 6.07) is 10.7. The van der Waals surface area contributed by atoms with Crippen molar-refractivity contribution in [3.8, 4) is 0 Å². The van der Waals surface area contributed by atoms with E-state index in [4.69, 9.17) is 5.41 Å². The van der Waals surface area contributed by atoms with Gasteiger partial charge in [0.25, 0.3) is 0 Å². The number of piperidine rings is 1. The second kappa shape index (κ2) is 7.09. The van der Waals surface area contributed by atoms with Crippen LogP contribution in [0.1, 0.15) is 24.0 Å². The lowest BCUT2D eigenvalue weighted by Gasteiger charge is -2.30. The number of halogens is 2. The Bertz CT molecular complexity index is 737. The van der Waals surface area contributed by atoms with E-state index in [0.29, 0.717) is 11.3 Å². The Labute approximate surface area is 140 Å². The molecule has 0 spiro atoms. The Balaban J connectivity index is 1.88. The number of nitrogens with one attached hydrogen (secondary N) is 2. The fraction of sp³-hybridized carbons (Fsp3) is 0.316. The third-order valence-electron chi connectivity index (χ3n) is 4.47. The minimum atomic E-state index is -0.475. The topological polar surface area (TPSA) is 39.1 Å². The monoisotopic (exact) mass is 329 g/mol. The minimum Gasteiger partial charge on any atom is -0.382 e. The van der Waals surface area contributed by atoms with Crippen molar-refractivity contribution in [3.05, 3.63) is 65.2 Å². The number of benzene rings is 2. The number of rotatable bonds is 4. The van der Waals surface area contributed by atoms with Crippen molar-refractivity contribution >= 4 is 11.4 Å². The molecule has 0 aromatic heterocycles. The van der Waals surface area contributed by atoms with Crippen molar-refractivity contribution < 1.29 is 8.78 Å². The molecule has 1 aliphatic rings. The molecule has 0 bridgehead atoms. The van der Waals surface area contributed by atoms with E-state index in [1.807, 2.05) is 0 Å². The van der Waals surface area contributed by atoms with Crippen LogP contribution < -0.4 is 5.32 Å². The molecule has 5 heteroatoms. The van der Waals surface area contributed by atoms with E-state index in [2.05, 4.69) is 17.3 Å². The van der Waals surface area contributed by atoms with Crippen LogP contribution in [-0.2, 0) is 0 Å². The van der Waals surface area contributed by atoms with Crippen molar-refractivity contribution in [2.24, 2.45) is 0 Å². The van der Waals surface area contributed by atoms with Gasteiger partial charge >= 0.3 is 0 Å². The van der Waals surface area contributed by atoms with Gasteiger partial charge in [0.1, 0.15) is 11.6 Å². The first kappa shape index (κ1) is 16.6. The van der Waals surface area contributed by atoms with Crippen LogP contribution in [0.3, 0.4) is 0 Å². The first-order valence-electron chi connectivity index (χ1n) is 8.13. The van der Waals surface area contributed by atoms with Gasteiger partial charge in [-0.3, -0.25) is 5.41 Å². The third-order valence-corrected chi connectivity index (χ3v) is 4.47. The normalized spacial score (nSPS) is 16.1. The highest BCUT2D eigenvalue weighted by molar-refractivity contribution is 6.14. The molecule has 2 N–H and O–H groups in total. The zero-order valence-corrected chi connectivity index (χ0v) is 13.7. The largest absolute Gasteiger partial charge is 0.382 e. The zero-order chi connectivity index (χ0) is 17.1. The number of hydrogen-bond acceptors (Lipinski definition) is 3. The summed E-state index contributed by atoms with van der Waals surface area (Å²) in [5.41, 5.74) is 1.23. The highest BCUT2D eigenvalue weighted by atomic mass is 19.1. The molecule has 0 saturated carbocycles. The fourth-order valence-corrected chi connectivity index (χ4v) is 3.03. The van der Waals surface area contributed by atoms with Gasteiger partial charge in [-0.2, -0.15) is 0 Å². The van der Waals surface area contributed by atoms with Crippen LogP contribution in [0.25, 0.3) is 0 Å².